The van der Waals surface area contributed by atoms with Crippen molar-refractivity contribution in [1.82, 2.24) is 9.97 Å². The van der Waals surface area contributed by atoms with Crippen molar-refractivity contribution >= 4 is 16.9 Å². The molecule has 0 saturated heterocycles. The van der Waals surface area contributed by atoms with Crippen LogP contribution in [-0.4, -0.2) is 34.3 Å². The summed E-state index contributed by atoms with van der Waals surface area (Å²) in [5, 5.41) is 12.9. The lowest BCUT2D eigenvalue weighted by atomic mass is 9.93. The molecule has 2 aromatic rings. The Morgan fingerprint density at radius 1 is 1.20 bits per heavy atom. The Balaban J connectivity index is 1.78. The lowest BCUT2D eigenvalue weighted by Gasteiger charge is -2.26. The minimum atomic E-state index is -0.139. The fourth-order valence-electron chi connectivity index (χ4n) is 2.62. The molecule has 1 aromatic carbocycles. The zero-order chi connectivity index (χ0) is 13.9. The van der Waals surface area contributed by atoms with Gasteiger partial charge in [0.15, 0.2) is 0 Å². The SMILES string of the molecule is COc1ccc2ncc(NC3CCC(O)CC3)nc2c1. The van der Waals surface area contributed by atoms with Crippen LogP contribution >= 0.6 is 0 Å². The van der Waals surface area contributed by atoms with Crippen molar-refractivity contribution in [3.05, 3.63) is 24.4 Å². The Labute approximate surface area is 118 Å². The van der Waals surface area contributed by atoms with E-state index in [4.69, 9.17) is 4.74 Å². The molecule has 1 aliphatic carbocycles. The maximum atomic E-state index is 9.52. The number of hydrogen-bond donors (Lipinski definition) is 2. The molecule has 0 bridgehead atoms. The molecule has 5 heteroatoms. The summed E-state index contributed by atoms with van der Waals surface area (Å²) in [7, 11) is 1.64. The summed E-state index contributed by atoms with van der Waals surface area (Å²) >= 11 is 0. The van der Waals surface area contributed by atoms with Crippen LogP contribution in [0.15, 0.2) is 24.4 Å². The number of methoxy groups -OCH3 is 1. The second-order valence-electron chi connectivity index (χ2n) is 5.26. The van der Waals surface area contributed by atoms with Gasteiger partial charge in [-0.25, -0.2) is 4.98 Å². The van der Waals surface area contributed by atoms with Gasteiger partial charge in [-0.1, -0.05) is 0 Å². The van der Waals surface area contributed by atoms with E-state index in [0.29, 0.717) is 6.04 Å². The van der Waals surface area contributed by atoms with Crippen LogP contribution in [0.4, 0.5) is 5.82 Å². The van der Waals surface area contributed by atoms with Crippen LogP contribution in [0.1, 0.15) is 25.7 Å². The zero-order valence-corrected chi connectivity index (χ0v) is 11.5. The van der Waals surface area contributed by atoms with E-state index in [1.54, 1.807) is 13.3 Å². The molecule has 20 heavy (non-hydrogen) atoms. The van der Waals surface area contributed by atoms with Crippen molar-refractivity contribution in [2.24, 2.45) is 0 Å². The van der Waals surface area contributed by atoms with E-state index in [1.807, 2.05) is 18.2 Å². The van der Waals surface area contributed by atoms with E-state index < -0.39 is 0 Å². The van der Waals surface area contributed by atoms with Crippen molar-refractivity contribution in [1.29, 1.82) is 0 Å². The van der Waals surface area contributed by atoms with E-state index >= 15 is 0 Å². The highest BCUT2D eigenvalue weighted by molar-refractivity contribution is 5.77. The summed E-state index contributed by atoms with van der Waals surface area (Å²) in [6.07, 6.45) is 5.27. The second-order valence-corrected chi connectivity index (χ2v) is 5.26. The van der Waals surface area contributed by atoms with Crippen LogP contribution in [-0.2, 0) is 0 Å². The minimum absolute atomic E-state index is 0.139. The molecule has 1 aliphatic rings. The lowest BCUT2D eigenvalue weighted by Crippen LogP contribution is -2.28. The third-order valence-electron chi connectivity index (χ3n) is 3.80. The minimum Gasteiger partial charge on any atom is -0.497 e. The molecule has 106 valence electrons. The van der Waals surface area contributed by atoms with E-state index in [-0.39, 0.29) is 6.10 Å². The lowest BCUT2D eigenvalue weighted by molar-refractivity contribution is 0.126. The molecule has 0 spiro atoms. The van der Waals surface area contributed by atoms with Gasteiger partial charge in [-0.3, -0.25) is 4.98 Å². The van der Waals surface area contributed by atoms with Gasteiger partial charge in [0, 0.05) is 12.1 Å². The van der Waals surface area contributed by atoms with Crippen LogP contribution < -0.4 is 10.1 Å². The molecule has 1 aromatic heterocycles. The van der Waals surface area contributed by atoms with Crippen molar-refractivity contribution in [2.45, 2.75) is 37.8 Å². The molecule has 0 unspecified atom stereocenters. The Bertz CT molecular complexity index is 595. The summed E-state index contributed by atoms with van der Waals surface area (Å²) in [4.78, 5) is 8.99. The highest BCUT2D eigenvalue weighted by Crippen LogP contribution is 2.23. The number of aliphatic hydroxyl groups excluding tert-OH is 1. The van der Waals surface area contributed by atoms with Crippen molar-refractivity contribution < 1.29 is 9.84 Å². The third-order valence-corrected chi connectivity index (χ3v) is 3.80. The van der Waals surface area contributed by atoms with Gasteiger partial charge in [0.25, 0.3) is 0 Å². The monoisotopic (exact) mass is 273 g/mol. The number of ether oxygens (including phenoxy) is 1. The smallest absolute Gasteiger partial charge is 0.145 e. The van der Waals surface area contributed by atoms with Gasteiger partial charge in [0.2, 0.25) is 0 Å². The Morgan fingerprint density at radius 3 is 2.75 bits per heavy atom. The van der Waals surface area contributed by atoms with Gasteiger partial charge in [-0.05, 0) is 37.8 Å². The van der Waals surface area contributed by atoms with Crippen LogP contribution in [0.2, 0.25) is 0 Å². The van der Waals surface area contributed by atoms with Crippen LogP contribution in [0.5, 0.6) is 5.75 Å². The fourth-order valence-corrected chi connectivity index (χ4v) is 2.62. The molecular formula is C15H19N3O2. The van der Waals surface area contributed by atoms with Gasteiger partial charge < -0.3 is 15.2 Å². The number of aliphatic hydroxyl groups is 1. The number of nitrogens with one attached hydrogen (secondary N) is 1. The number of aromatic nitrogens is 2. The third kappa shape index (κ3) is 2.82. The van der Waals surface area contributed by atoms with Gasteiger partial charge in [0.1, 0.15) is 11.6 Å². The highest BCUT2D eigenvalue weighted by atomic mass is 16.5. The van der Waals surface area contributed by atoms with Crippen molar-refractivity contribution in [3.63, 3.8) is 0 Å². The number of nitrogens with zero attached hydrogens (tertiary/aromatic N) is 2. The predicted octanol–water partition coefficient (Wildman–Crippen LogP) is 2.35. The van der Waals surface area contributed by atoms with Gasteiger partial charge in [-0.15, -0.1) is 0 Å². The average Bonchev–Trinajstić information content (AvgIpc) is 2.49. The standard InChI is InChI=1S/C15H19N3O2/c1-20-12-6-7-13-14(8-12)18-15(9-16-13)17-10-2-4-11(19)5-3-10/h6-11,19H,2-5H2,1H3,(H,17,18). The first-order valence-electron chi connectivity index (χ1n) is 7.00. The van der Waals surface area contributed by atoms with E-state index in [0.717, 1.165) is 48.3 Å². The molecule has 1 fully saturated rings. The highest BCUT2D eigenvalue weighted by Gasteiger charge is 2.19. The van der Waals surface area contributed by atoms with Gasteiger partial charge in [-0.2, -0.15) is 0 Å². The molecule has 5 nitrogen and oxygen atoms in total. The van der Waals surface area contributed by atoms with E-state index in [1.165, 1.54) is 0 Å². The summed E-state index contributed by atoms with van der Waals surface area (Å²) in [5.41, 5.74) is 1.68. The predicted molar refractivity (Wildman–Crippen MR) is 78.0 cm³/mol. The van der Waals surface area contributed by atoms with Crippen molar-refractivity contribution in [2.75, 3.05) is 12.4 Å². The number of hydrogen-bond acceptors (Lipinski definition) is 5. The first-order valence-corrected chi connectivity index (χ1v) is 7.00. The van der Waals surface area contributed by atoms with Gasteiger partial charge >= 0.3 is 0 Å². The number of fused-ring (bicyclic) bond motifs is 1. The molecule has 1 saturated carbocycles. The van der Waals surface area contributed by atoms with Gasteiger partial charge in [0.05, 0.1) is 30.4 Å². The zero-order valence-electron chi connectivity index (χ0n) is 11.5. The normalized spacial score (nSPS) is 22.7. The maximum absolute atomic E-state index is 9.52. The second kappa shape index (κ2) is 5.63. The topological polar surface area (TPSA) is 67.3 Å². The average molecular weight is 273 g/mol. The molecule has 0 aliphatic heterocycles. The molecule has 2 N–H and O–H groups in total. The largest absolute Gasteiger partial charge is 0.497 e. The summed E-state index contributed by atoms with van der Waals surface area (Å²) in [6, 6.07) is 6.04. The number of rotatable bonds is 3. The number of anilines is 1. The Kier molecular flexibility index (Phi) is 3.69. The molecule has 1 heterocycles. The Hall–Kier alpha value is -1.88. The first-order chi connectivity index (χ1) is 9.74. The molecule has 3 rings (SSSR count). The molecule has 0 amide bonds. The van der Waals surface area contributed by atoms with Crippen molar-refractivity contribution in [3.8, 4) is 5.75 Å². The maximum Gasteiger partial charge on any atom is 0.145 e. The summed E-state index contributed by atoms with van der Waals surface area (Å²) in [5.74, 6) is 1.57. The first kappa shape index (κ1) is 13.1. The summed E-state index contributed by atoms with van der Waals surface area (Å²) in [6.45, 7) is 0. The van der Waals surface area contributed by atoms with Crippen LogP contribution in [0.25, 0.3) is 11.0 Å². The molecule has 0 radical (unpaired) electrons. The van der Waals surface area contributed by atoms with E-state index in [9.17, 15) is 5.11 Å². The number of benzene rings is 1. The fraction of sp³-hybridized carbons (Fsp3) is 0.467. The Morgan fingerprint density at radius 2 is 2.00 bits per heavy atom. The summed E-state index contributed by atoms with van der Waals surface area (Å²) < 4.78 is 5.21. The molecule has 0 atom stereocenters. The van der Waals surface area contributed by atoms with Crippen LogP contribution in [0, 0.1) is 0 Å². The quantitative estimate of drug-likeness (QED) is 0.898. The van der Waals surface area contributed by atoms with E-state index in [2.05, 4.69) is 15.3 Å². The van der Waals surface area contributed by atoms with Crippen LogP contribution in [0.3, 0.4) is 0 Å². The molecular weight excluding hydrogens is 254 g/mol.